The Morgan fingerprint density at radius 3 is 2.50 bits per heavy atom. The van der Waals surface area contributed by atoms with Crippen molar-refractivity contribution >= 4 is 29.3 Å². The largest absolute Gasteiger partial charge is 0.480 e. The highest BCUT2D eigenvalue weighted by Crippen LogP contribution is 2.65. The number of carboxylic acids is 1. The molecule has 26 heavy (non-hydrogen) atoms. The molecular formula is C18H25ClN4O3. The number of nitrogens with zero attached hydrogens (tertiary/aromatic N) is 3. The highest BCUT2D eigenvalue weighted by Gasteiger charge is 2.70. The van der Waals surface area contributed by atoms with E-state index in [1.54, 1.807) is 0 Å². The second kappa shape index (κ2) is 6.08. The van der Waals surface area contributed by atoms with Gasteiger partial charge in [-0.05, 0) is 16.7 Å². The van der Waals surface area contributed by atoms with Crippen molar-refractivity contribution in [3.05, 3.63) is 17.5 Å². The molecule has 1 aromatic rings. The molecule has 0 radical (unpaired) electrons. The fraction of sp³-hybridized carbons (Fsp3) is 0.667. The van der Waals surface area contributed by atoms with Gasteiger partial charge in [-0.15, -0.1) is 0 Å². The number of likely N-dealkylation sites (tertiary alicyclic amines) is 1. The van der Waals surface area contributed by atoms with E-state index in [0.29, 0.717) is 12.4 Å². The smallest absolute Gasteiger partial charge is 0.326 e. The van der Waals surface area contributed by atoms with Gasteiger partial charge in [-0.2, -0.15) is 0 Å². The number of hydrogen-bond acceptors (Lipinski definition) is 5. The summed E-state index contributed by atoms with van der Waals surface area (Å²) < 4.78 is 0. The third-order valence-corrected chi connectivity index (χ3v) is 5.97. The van der Waals surface area contributed by atoms with Gasteiger partial charge < -0.3 is 15.3 Å². The molecule has 0 aromatic carbocycles. The van der Waals surface area contributed by atoms with Crippen LogP contribution in [0.5, 0.6) is 0 Å². The summed E-state index contributed by atoms with van der Waals surface area (Å²) in [6, 6.07) is -1.40. The Hall–Kier alpha value is -1.89. The van der Waals surface area contributed by atoms with Gasteiger partial charge >= 0.3 is 5.97 Å². The minimum absolute atomic E-state index is 0.0138. The SMILES string of the molecule is CC(C)(C)[C@H](Nc1cnc(Cl)cn1)C(=O)N1C[C@H]2[C@@H]([C@H]1C(=O)O)C2(C)C. The standard InChI is InChI=1S/C18H25ClN4O3/c1-17(2,3)14(22-11-7-20-10(19)6-21-11)15(24)23-8-9-12(18(9,4)5)13(23)16(25)26/h6-7,9,12-14H,8H2,1-5H3,(H,21,22)(H,25,26)/t9-,12-,13-,14+/m0/s1. The normalized spacial score (nSPS) is 27.6. The molecule has 142 valence electrons. The predicted octanol–water partition coefficient (Wildman–Crippen LogP) is 2.52. The van der Waals surface area contributed by atoms with Crippen LogP contribution < -0.4 is 5.32 Å². The van der Waals surface area contributed by atoms with Crippen LogP contribution in [0, 0.1) is 22.7 Å². The zero-order chi connectivity index (χ0) is 19.4. The van der Waals surface area contributed by atoms with Crippen LogP contribution in [0.15, 0.2) is 12.4 Å². The molecule has 1 saturated heterocycles. The number of piperidine rings is 1. The second-order valence-electron chi connectivity index (χ2n) is 8.90. The first-order chi connectivity index (χ1) is 11.9. The highest BCUT2D eigenvalue weighted by atomic mass is 35.5. The number of halogens is 1. The number of carbonyl (C=O) groups excluding carboxylic acids is 1. The van der Waals surface area contributed by atoms with E-state index in [1.807, 2.05) is 20.8 Å². The maximum absolute atomic E-state index is 13.3. The molecule has 0 spiro atoms. The maximum atomic E-state index is 13.3. The van der Waals surface area contributed by atoms with E-state index in [0.717, 1.165) is 0 Å². The first kappa shape index (κ1) is 18.9. The number of nitrogens with one attached hydrogen (secondary N) is 1. The molecule has 7 nitrogen and oxygen atoms in total. The number of amides is 1. The molecular weight excluding hydrogens is 356 g/mol. The molecule has 8 heteroatoms. The summed E-state index contributed by atoms with van der Waals surface area (Å²) in [6.07, 6.45) is 2.87. The number of hydrogen-bond donors (Lipinski definition) is 2. The molecule has 2 N–H and O–H groups in total. The quantitative estimate of drug-likeness (QED) is 0.833. The van der Waals surface area contributed by atoms with Crippen LogP contribution in [0.2, 0.25) is 5.15 Å². The van der Waals surface area contributed by atoms with Gasteiger partial charge in [0.15, 0.2) is 0 Å². The van der Waals surface area contributed by atoms with Gasteiger partial charge in [-0.3, -0.25) is 4.79 Å². The van der Waals surface area contributed by atoms with Crippen LogP contribution in [0.1, 0.15) is 34.6 Å². The summed E-state index contributed by atoms with van der Waals surface area (Å²) in [6.45, 7) is 10.4. The molecule has 1 amide bonds. The van der Waals surface area contributed by atoms with Gasteiger partial charge in [0.25, 0.3) is 0 Å². The number of fused-ring (bicyclic) bond motifs is 1. The molecule has 1 aliphatic carbocycles. The summed E-state index contributed by atoms with van der Waals surface area (Å²) in [5.41, 5.74) is -0.462. The van der Waals surface area contributed by atoms with Gasteiger partial charge in [0.1, 0.15) is 23.1 Å². The summed E-state index contributed by atoms with van der Waals surface area (Å²) in [4.78, 5) is 34.8. The number of rotatable bonds is 4. The third kappa shape index (κ3) is 3.13. The molecule has 4 atom stereocenters. The molecule has 2 aliphatic rings. The average Bonchev–Trinajstić information content (AvgIpc) is 2.90. The van der Waals surface area contributed by atoms with E-state index in [2.05, 4.69) is 29.1 Å². The predicted molar refractivity (Wildman–Crippen MR) is 97.8 cm³/mol. The summed E-state index contributed by atoms with van der Waals surface area (Å²) in [5, 5.41) is 13.1. The highest BCUT2D eigenvalue weighted by molar-refractivity contribution is 6.29. The Morgan fingerprint density at radius 2 is 2.00 bits per heavy atom. The number of carboxylic acid groups (broad SMARTS) is 1. The van der Waals surface area contributed by atoms with Crippen LogP contribution in [0.25, 0.3) is 0 Å². The zero-order valence-corrected chi connectivity index (χ0v) is 16.4. The minimum atomic E-state index is -0.935. The number of carbonyl (C=O) groups is 2. The first-order valence-electron chi connectivity index (χ1n) is 8.72. The van der Waals surface area contributed by atoms with Crippen molar-refractivity contribution in [1.29, 1.82) is 0 Å². The monoisotopic (exact) mass is 380 g/mol. The lowest BCUT2D eigenvalue weighted by molar-refractivity contribution is -0.151. The number of anilines is 1. The summed E-state index contributed by atoms with van der Waals surface area (Å²) in [5.74, 6) is -0.470. The summed E-state index contributed by atoms with van der Waals surface area (Å²) in [7, 11) is 0. The van der Waals surface area contributed by atoms with Crippen LogP contribution in [-0.2, 0) is 9.59 Å². The van der Waals surface area contributed by atoms with Gasteiger partial charge in [0.2, 0.25) is 5.91 Å². The molecule has 2 heterocycles. The lowest BCUT2D eigenvalue weighted by atomic mass is 9.85. The van der Waals surface area contributed by atoms with Crippen molar-refractivity contribution in [2.75, 3.05) is 11.9 Å². The Morgan fingerprint density at radius 1 is 1.35 bits per heavy atom. The fourth-order valence-electron chi connectivity index (χ4n) is 4.14. The van der Waals surface area contributed by atoms with Crippen LogP contribution >= 0.6 is 11.6 Å². The molecule has 2 fully saturated rings. The van der Waals surface area contributed by atoms with Crippen LogP contribution in [0.4, 0.5) is 5.82 Å². The van der Waals surface area contributed by atoms with E-state index in [1.165, 1.54) is 17.3 Å². The molecule has 1 aliphatic heterocycles. The fourth-order valence-corrected chi connectivity index (χ4v) is 4.24. The Balaban J connectivity index is 1.84. The van der Waals surface area contributed by atoms with Crippen molar-refractivity contribution in [2.24, 2.45) is 22.7 Å². The molecule has 3 rings (SSSR count). The Bertz CT molecular complexity index is 729. The Kier molecular flexibility index (Phi) is 4.42. The average molecular weight is 381 g/mol. The molecule has 0 bridgehead atoms. The van der Waals surface area contributed by atoms with E-state index < -0.39 is 23.5 Å². The van der Waals surface area contributed by atoms with E-state index in [4.69, 9.17) is 11.6 Å². The number of aliphatic carboxylic acids is 1. The Labute approximate surface area is 158 Å². The van der Waals surface area contributed by atoms with Crippen molar-refractivity contribution in [3.63, 3.8) is 0 Å². The van der Waals surface area contributed by atoms with Crippen LogP contribution in [-0.4, -0.2) is 50.5 Å². The molecule has 1 saturated carbocycles. The van der Waals surface area contributed by atoms with Gasteiger partial charge in [0, 0.05) is 12.5 Å². The maximum Gasteiger partial charge on any atom is 0.326 e. The van der Waals surface area contributed by atoms with E-state index >= 15 is 0 Å². The topological polar surface area (TPSA) is 95.4 Å². The van der Waals surface area contributed by atoms with Crippen molar-refractivity contribution in [1.82, 2.24) is 14.9 Å². The second-order valence-corrected chi connectivity index (χ2v) is 9.28. The van der Waals surface area contributed by atoms with Crippen LogP contribution in [0.3, 0.4) is 0 Å². The van der Waals surface area contributed by atoms with Crippen molar-refractivity contribution in [2.45, 2.75) is 46.7 Å². The lowest BCUT2D eigenvalue weighted by Gasteiger charge is -2.37. The minimum Gasteiger partial charge on any atom is -0.480 e. The van der Waals surface area contributed by atoms with Gasteiger partial charge in [-0.1, -0.05) is 46.2 Å². The molecule has 0 unspecified atom stereocenters. The number of aromatic nitrogens is 2. The zero-order valence-electron chi connectivity index (χ0n) is 15.7. The van der Waals surface area contributed by atoms with Gasteiger partial charge in [-0.25, -0.2) is 14.8 Å². The van der Waals surface area contributed by atoms with Crippen molar-refractivity contribution in [3.8, 4) is 0 Å². The molecule has 1 aromatic heterocycles. The van der Waals surface area contributed by atoms with E-state index in [9.17, 15) is 14.7 Å². The first-order valence-corrected chi connectivity index (χ1v) is 9.09. The lowest BCUT2D eigenvalue weighted by Crippen LogP contribution is -2.54. The van der Waals surface area contributed by atoms with Crippen molar-refractivity contribution < 1.29 is 14.7 Å². The van der Waals surface area contributed by atoms with Gasteiger partial charge in [0.05, 0.1) is 12.4 Å². The summed E-state index contributed by atoms with van der Waals surface area (Å²) >= 11 is 5.76. The van der Waals surface area contributed by atoms with E-state index in [-0.39, 0.29) is 28.3 Å². The third-order valence-electron chi connectivity index (χ3n) is 5.77.